The Morgan fingerprint density at radius 1 is 1.09 bits per heavy atom. The maximum absolute atomic E-state index is 12.8. The largest absolute Gasteiger partial charge is 0.334 e. The van der Waals surface area contributed by atoms with E-state index in [2.05, 4.69) is 20.9 Å². The number of aromatic nitrogens is 1. The first-order chi connectivity index (χ1) is 16.0. The third-order valence-corrected chi connectivity index (χ3v) is 5.94. The highest BCUT2D eigenvalue weighted by Crippen LogP contribution is 2.28. The standard InChI is InChI=1S/C24H21N5O4/c30-21-6-5-20(22(31)28-21)29-13-17-9-14(1-4-19(17)23(29)32)11-26-24(33)27-18-3-2-16-12-25-8-7-15(16)10-18/h1-4,7-10,12,20H,5-6,11,13H2,(H2,26,27,33)(H,28,30,31). The highest BCUT2D eigenvalue weighted by Gasteiger charge is 2.39. The average molecular weight is 443 g/mol. The minimum Gasteiger partial charge on any atom is -0.334 e. The first kappa shape index (κ1) is 20.6. The number of hydrogen-bond acceptors (Lipinski definition) is 5. The van der Waals surface area contributed by atoms with Gasteiger partial charge in [-0.1, -0.05) is 18.2 Å². The SMILES string of the molecule is O=C1CCC(N2Cc3cc(CNC(=O)Nc4ccc5cnccc5c4)ccc3C2=O)C(=O)N1. The number of anilines is 1. The number of carbonyl (C=O) groups excluding carboxylic acids is 4. The molecule has 33 heavy (non-hydrogen) atoms. The minimum atomic E-state index is -0.646. The average Bonchev–Trinajstić information content (AvgIpc) is 3.13. The van der Waals surface area contributed by atoms with Crippen molar-refractivity contribution in [2.75, 3.05) is 5.32 Å². The fourth-order valence-electron chi connectivity index (χ4n) is 4.26. The second-order valence-corrected chi connectivity index (χ2v) is 8.14. The number of carbonyl (C=O) groups is 4. The summed E-state index contributed by atoms with van der Waals surface area (Å²) >= 11 is 0. The predicted molar refractivity (Wildman–Crippen MR) is 120 cm³/mol. The Balaban J connectivity index is 1.21. The topological polar surface area (TPSA) is 120 Å². The first-order valence-corrected chi connectivity index (χ1v) is 10.6. The molecule has 1 atom stereocenters. The summed E-state index contributed by atoms with van der Waals surface area (Å²) in [6, 6.07) is 11.8. The molecule has 1 fully saturated rings. The van der Waals surface area contributed by atoms with E-state index in [-0.39, 0.29) is 30.8 Å². The number of rotatable bonds is 4. The van der Waals surface area contributed by atoms with Crippen LogP contribution in [0.4, 0.5) is 10.5 Å². The molecule has 2 aliphatic heterocycles. The zero-order valence-electron chi connectivity index (χ0n) is 17.6. The van der Waals surface area contributed by atoms with E-state index in [9.17, 15) is 19.2 Å². The lowest BCUT2D eigenvalue weighted by molar-refractivity contribution is -0.136. The molecule has 3 aromatic rings. The Hall–Kier alpha value is -4.27. The number of nitrogens with one attached hydrogen (secondary N) is 3. The zero-order chi connectivity index (χ0) is 22.9. The van der Waals surface area contributed by atoms with Crippen molar-refractivity contribution in [2.24, 2.45) is 0 Å². The molecular formula is C24H21N5O4. The predicted octanol–water partition coefficient (Wildman–Crippen LogP) is 2.32. The summed E-state index contributed by atoms with van der Waals surface area (Å²) in [6.07, 6.45) is 4.00. The molecule has 3 N–H and O–H groups in total. The van der Waals surface area contributed by atoms with Crippen LogP contribution in [0.5, 0.6) is 0 Å². The zero-order valence-corrected chi connectivity index (χ0v) is 17.6. The molecule has 0 saturated carbocycles. The Kier molecular flexibility index (Phi) is 5.21. The second-order valence-electron chi connectivity index (χ2n) is 8.14. The Labute approximate surface area is 189 Å². The third-order valence-electron chi connectivity index (χ3n) is 5.94. The van der Waals surface area contributed by atoms with Gasteiger partial charge in [-0.15, -0.1) is 0 Å². The number of piperidine rings is 1. The van der Waals surface area contributed by atoms with Crippen LogP contribution in [0.3, 0.4) is 0 Å². The van der Waals surface area contributed by atoms with E-state index >= 15 is 0 Å². The van der Waals surface area contributed by atoms with Crippen LogP contribution in [-0.2, 0) is 22.7 Å². The molecule has 9 nitrogen and oxygen atoms in total. The van der Waals surface area contributed by atoms with Crippen molar-refractivity contribution in [3.05, 3.63) is 71.5 Å². The van der Waals surface area contributed by atoms with Gasteiger partial charge in [-0.2, -0.15) is 0 Å². The van der Waals surface area contributed by atoms with Gasteiger partial charge in [-0.3, -0.25) is 24.7 Å². The number of urea groups is 1. The van der Waals surface area contributed by atoms with E-state index in [1.807, 2.05) is 30.3 Å². The van der Waals surface area contributed by atoms with Gasteiger partial charge in [0.1, 0.15) is 6.04 Å². The summed E-state index contributed by atoms with van der Waals surface area (Å²) < 4.78 is 0. The summed E-state index contributed by atoms with van der Waals surface area (Å²) in [5, 5.41) is 9.90. The normalized spacial score (nSPS) is 17.6. The van der Waals surface area contributed by atoms with Gasteiger partial charge in [0.05, 0.1) is 0 Å². The molecule has 166 valence electrons. The van der Waals surface area contributed by atoms with Crippen LogP contribution in [0.25, 0.3) is 10.8 Å². The van der Waals surface area contributed by atoms with Gasteiger partial charge in [0.2, 0.25) is 11.8 Å². The molecular weight excluding hydrogens is 422 g/mol. The number of fused-ring (bicyclic) bond motifs is 2. The van der Waals surface area contributed by atoms with Crippen LogP contribution in [0, 0.1) is 0 Å². The number of amides is 5. The highest BCUT2D eigenvalue weighted by atomic mass is 16.2. The smallest absolute Gasteiger partial charge is 0.319 e. The van der Waals surface area contributed by atoms with E-state index < -0.39 is 11.9 Å². The van der Waals surface area contributed by atoms with Crippen molar-refractivity contribution in [3.8, 4) is 0 Å². The maximum Gasteiger partial charge on any atom is 0.319 e. The summed E-state index contributed by atoms with van der Waals surface area (Å²) in [5.41, 5.74) is 2.85. The molecule has 9 heteroatoms. The molecule has 1 saturated heterocycles. The Morgan fingerprint density at radius 3 is 2.82 bits per heavy atom. The van der Waals surface area contributed by atoms with Gasteiger partial charge < -0.3 is 15.5 Å². The van der Waals surface area contributed by atoms with Gasteiger partial charge in [0, 0.05) is 48.5 Å². The number of hydrogen-bond donors (Lipinski definition) is 3. The summed E-state index contributed by atoms with van der Waals surface area (Å²) in [4.78, 5) is 54.3. The number of benzene rings is 2. The molecule has 0 aliphatic carbocycles. The summed E-state index contributed by atoms with van der Waals surface area (Å²) in [6.45, 7) is 0.579. The molecule has 1 unspecified atom stereocenters. The third kappa shape index (κ3) is 4.12. The monoisotopic (exact) mass is 443 g/mol. The van der Waals surface area contributed by atoms with Crippen LogP contribution in [0.1, 0.15) is 34.3 Å². The van der Waals surface area contributed by atoms with Crippen LogP contribution >= 0.6 is 0 Å². The van der Waals surface area contributed by atoms with Gasteiger partial charge in [0.15, 0.2) is 0 Å². The highest BCUT2D eigenvalue weighted by molar-refractivity contribution is 6.05. The molecule has 0 spiro atoms. The van der Waals surface area contributed by atoms with E-state index in [0.717, 1.165) is 21.9 Å². The Bertz CT molecular complexity index is 1310. The van der Waals surface area contributed by atoms with Crippen molar-refractivity contribution in [3.63, 3.8) is 0 Å². The van der Waals surface area contributed by atoms with Gasteiger partial charge in [-0.25, -0.2) is 4.79 Å². The van der Waals surface area contributed by atoms with Gasteiger partial charge >= 0.3 is 6.03 Å². The summed E-state index contributed by atoms with van der Waals surface area (Å²) in [5.74, 6) is -0.966. The fraction of sp³-hybridized carbons (Fsp3) is 0.208. The molecule has 1 aromatic heterocycles. The maximum atomic E-state index is 12.8. The van der Waals surface area contributed by atoms with Crippen molar-refractivity contribution in [2.45, 2.75) is 32.0 Å². The van der Waals surface area contributed by atoms with Gasteiger partial charge in [-0.05, 0) is 47.2 Å². The number of nitrogens with zero attached hydrogens (tertiary/aromatic N) is 2. The molecule has 5 amide bonds. The first-order valence-electron chi connectivity index (χ1n) is 10.6. The lowest BCUT2D eigenvalue weighted by atomic mass is 10.0. The van der Waals surface area contributed by atoms with Crippen molar-refractivity contribution in [1.29, 1.82) is 0 Å². The summed E-state index contributed by atoms with van der Waals surface area (Å²) in [7, 11) is 0. The molecule has 2 aliphatic rings. The van der Waals surface area contributed by atoms with Crippen molar-refractivity contribution >= 4 is 40.2 Å². The quantitative estimate of drug-likeness (QED) is 0.535. The Morgan fingerprint density at radius 2 is 1.97 bits per heavy atom. The molecule has 0 bridgehead atoms. The lowest BCUT2D eigenvalue weighted by Gasteiger charge is -2.29. The van der Waals surface area contributed by atoms with Crippen LogP contribution in [0.2, 0.25) is 0 Å². The van der Waals surface area contributed by atoms with Gasteiger partial charge in [0.25, 0.3) is 5.91 Å². The van der Waals surface area contributed by atoms with Crippen molar-refractivity contribution < 1.29 is 19.2 Å². The van der Waals surface area contributed by atoms with Crippen LogP contribution in [-0.4, -0.2) is 39.7 Å². The molecule has 2 aromatic carbocycles. The van der Waals surface area contributed by atoms with Crippen LogP contribution < -0.4 is 16.0 Å². The number of imide groups is 1. The van der Waals surface area contributed by atoms with Crippen LogP contribution in [0.15, 0.2) is 54.9 Å². The minimum absolute atomic E-state index is 0.217. The number of pyridine rings is 1. The second kappa shape index (κ2) is 8.34. The van der Waals surface area contributed by atoms with Crippen molar-refractivity contribution in [1.82, 2.24) is 20.5 Å². The van der Waals surface area contributed by atoms with E-state index in [0.29, 0.717) is 24.2 Å². The van der Waals surface area contributed by atoms with E-state index in [1.165, 1.54) is 4.90 Å². The van der Waals surface area contributed by atoms with E-state index in [1.54, 1.807) is 24.5 Å². The molecule has 5 rings (SSSR count). The molecule has 3 heterocycles. The van der Waals surface area contributed by atoms with E-state index in [4.69, 9.17) is 0 Å². The lowest BCUT2D eigenvalue weighted by Crippen LogP contribution is -2.52. The fourth-order valence-corrected chi connectivity index (χ4v) is 4.26. The molecule has 0 radical (unpaired) electrons.